The molecule has 0 amide bonds. The molecule has 0 spiro atoms. The minimum atomic E-state index is 0.231. The van der Waals surface area contributed by atoms with Gasteiger partial charge in [0.1, 0.15) is 0 Å². The third-order valence-corrected chi connectivity index (χ3v) is 11.7. The number of aryl methyl sites for hydroxylation is 1. The third-order valence-electron chi connectivity index (χ3n) is 11.7. The molecule has 0 aliphatic heterocycles. The van der Waals surface area contributed by atoms with Gasteiger partial charge in [0, 0.05) is 11.4 Å². The minimum absolute atomic E-state index is 0.231. The standard InChI is InChI=1S/C56H43N/c1-5-19-42(20-6-1)52-39-53(47-31-29-40-17-13-15-23-45(40)37-47)54(44-33-35-51(36-34-44)57(49-25-9-3-10-26-49)50-27-11-4-12-28-50)56(43-21-7-2-8-22-43)55(52)48-32-30-41-18-14-16-24-46(41)38-48/h1-27,29,31,33-39,50H,28,30,32H2. The summed E-state index contributed by atoms with van der Waals surface area (Å²) in [5.74, 6) is 0. The van der Waals surface area contributed by atoms with E-state index in [1.54, 1.807) is 0 Å². The average molecular weight is 730 g/mol. The van der Waals surface area contributed by atoms with E-state index in [4.69, 9.17) is 0 Å². The molecule has 8 aromatic rings. The maximum atomic E-state index is 2.49. The van der Waals surface area contributed by atoms with Crippen LogP contribution in [0.25, 0.3) is 66.9 Å². The highest BCUT2D eigenvalue weighted by Crippen LogP contribution is 2.51. The van der Waals surface area contributed by atoms with Crippen molar-refractivity contribution in [3.05, 3.63) is 229 Å². The highest BCUT2D eigenvalue weighted by atomic mass is 15.2. The van der Waals surface area contributed by atoms with Crippen molar-refractivity contribution in [3.63, 3.8) is 0 Å². The van der Waals surface area contributed by atoms with Crippen LogP contribution in [0.4, 0.5) is 11.4 Å². The van der Waals surface area contributed by atoms with Gasteiger partial charge in [-0.05, 0) is 133 Å². The second-order valence-corrected chi connectivity index (χ2v) is 15.1. The monoisotopic (exact) mass is 729 g/mol. The fraction of sp³-hybridized carbons (Fsp3) is 0.0714. The van der Waals surface area contributed by atoms with Gasteiger partial charge in [0.15, 0.2) is 0 Å². The van der Waals surface area contributed by atoms with Gasteiger partial charge in [0.2, 0.25) is 0 Å². The molecular weight excluding hydrogens is 687 g/mol. The number of fused-ring (bicyclic) bond motifs is 2. The summed E-state index contributed by atoms with van der Waals surface area (Å²) in [6, 6.07) is 69.6. The summed E-state index contributed by atoms with van der Waals surface area (Å²) in [7, 11) is 0. The normalized spacial score (nSPS) is 14.6. The smallest absolute Gasteiger partial charge is 0.0559 e. The summed E-state index contributed by atoms with van der Waals surface area (Å²) in [5.41, 5.74) is 17.7. The van der Waals surface area contributed by atoms with Crippen molar-refractivity contribution in [2.75, 3.05) is 4.90 Å². The molecule has 272 valence electrons. The van der Waals surface area contributed by atoms with Crippen LogP contribution in [0.5, 0.6) is 0 Å². The van der Waals surface area contributed by atoms with Crippen LogP contribution in [0, 0.1) is 0 Å². The highest BCUT2D eigenvalue weighted by Gasteiger charge is 2.27. The Labute approximate surface area is 336 Å². The molecule has 2 aliphatic rings. The lowest BCUT2D eigenvalue weighted by atomic mass is 9.76. The van der Waals surface area contributed by atoms with Gasteiger partial charge in [0.05, 0.1) is 6.04 Å². The van der Waals surface area contributed by atoms with E-state index in [-0.39, 0.29) is 6.04 Å². The maximum Gasteiger partial charge on any atom is 0.0559 e. The Morgan fingerprint density at radius 2 is 1.04 bits per heavy atom. The Morgan fingerprint density at radius 3 is 1.79 bits per heavy atom. The van der Waals surface area contributed by atoms with E-state index < -0.39 is 0 Å². The van der Waals surface area contributed by atoms with Crippen LogP contribution in [-0.2, 0) is 6.42 Å². The zero-order valence-corrected chi connectivity index (χ0v) is 31.9. The molecule has 0 bridgehead atoms. The highest BCUT2D eigenvalue weighted by molar-refractivity contribution is 6.08. The average Bonchev–Trinajstić information content (AvgIpc) is 3.29. The first-order chi connectivity index (χ1) is 28.3. The topological polar surface area (TPSA) is 3.24 Å². The molecule has 0 aromatic heterocycles. The SMILES string of the molecule is C1=CCC(N(c2ccccc2)c2ccc(-c3c(-c4ccc5ccccc5c4)cc(-c4ccccc4)c(C4=Cc5ccccc5CC4)c3-c3ccccc3)cc2)C=C1. The molecule has 1 unspecified atom stereocenters. The van der Waals surface area contributed by atoms with Crippen LogP contribution in [0.1, 0.15) is 29.5 Å². The zero-order chi connectivity index (χ0) is 38.0. The van der Waals surface area contributed by atoms with E-state index >= 15 is 0 Å². The number of benzene rings is 8. The van der Waals surface area contributed by atoms with Crippen LogP contribution in [0.2, 0.25) is 0 Å². The Morgan fingerprint density at radius 1 is 0.421 bits per heavy atom. The number of nitrogens with zero attached hydrogens (tertiary/aromatic N) is 1. The molecule has 0 heterocycles. The van der Waals surface area contributed by atoms with E-state index in [2.05, 4.69) is 223 Å². The molecule has 0 fully saturated rings. The number of hydrogen-bond acceptors (Lipinski definition) is 1. The molecule has 2 aliphatic carbocycles. The van der Waals surface area contributed by atoms with Gasteiger partial charge in [-0.3, -0.25) is 0 Å². The Balaban J connectivity index is 1.27. The molecule has 1 atom stereocenters. The van der Waals surface area contributed by atoms with E-state index in [0.29, 0.717) is 0 Å². The molecule has 1 heteroatoms. The van der Waals surface area contributed by atoms with Gasteiger partial charge in [-0.2, -0.15) is 0 Å². The number of rotatable bonds is 8. The number of allylic oxidation sites excluding steroid dienone is 3. The quantitative estimate of drug-likeness (QED) is 0.151. The first-order valence-corrected chi connectivity index (χ1v) is 20.2. The lowest BCUT2D eigenvalue weighted by Crippen LogP contribution is -2.29. The summed E-state index contributed by atoms with van der Waals surface area (Å²) in [6.45, 7) is 0. The first kappa shape index (κ1) is 34.5. The van der Waals surface area contributed by atoms with Crippen molar-refractivity contribution >= 4 is 33.8 Å². The van der Waals surface area contributed by atoms with Crippen molar-refractivity contribution in [2.24, 2.45) is 0 Å². The molecule has 10 rings (SSSR count). The van der Waals surface area contributed by atoms with Crippen molar-refractivity contribution in [1.82, 2.24) is 0 Å². The van der Waals surface area contributed by atoms with E-state index in [9.17, 15) is 0 Å². The molecule has 0 saturated heterocycles. The Kier molecular flexibility index (Phi) is 9.26. The second kappa shape index (κ2) is 15.3. The fourth-order valence-electron chi connectivity index (χ4n) is 8.94. The summed E-state index contributed by atoms with van der Waals surface area (Å²) in [5, 5.41) is 2.48. The third kappa shape index (κ3) is 6.72. The summed E-state index contributed by atoms with van der Waals surface area (Å²) in [6.07, 6.45) is 14.3. The van der Waals surface area contributed by atoms with Gasteiger partial charge < -0.3 is 4.90 Å². The van der Waals surface area contributed by atoms with Crippen molar-refractivity contribution in [3.8, 4) is 44.5 Å². The molecule has 8 aromatic carbocycles. The predicted octanol–water partition coefficient (Wildman–Crippen LogP) is 15.0. The molecule has 0 N–H and O–H groups in total. The van der Waals surface area contributed by atoms with Crippen LogP contribution in [0.3, 0.4) is 0 Å². The number of hydrogen-bond donors (Lipinski definition) is 0. The fourth-order valence-corrected chi connectivity index (χ4v) is 8.94. The molecule has 1 nitrogen and oxygen atoms in total. The van der Waals surface area contributed by atoms with Crippen molar-refractivity contribution in [2.45, 2.75) is 25.3 Å². The second-order valence-electron chi connectivity index (χ2n) is 15.1. The van der Waals surface area contributed by atoms with Gasteiger partial charge in [-0.1, -0.05) is 182 Å². The molecule has 57 heavy (non-hydrogen) atoms. The van der Waals surface area contributed by atoms with E-state index in [0.717, 1.165) is 19.3 Å². The Bertz CT molecular complexity index is 2790. The van der Waals surface area contributed by atoms with Crippen LogP contribution in [-0.4, -0.2) is 6.04 Å². The lowest BCUT2D eigenvalue weighted by molar-refractivity contribution is 0.785. The summed E-state index contributed by atoms with van der Waals surface area (Å²) in [4.78, 5) is 2.47. The number of anilines is 2. The summed E-state index contributed by atoms with van der Waals surface area (Å²) < 4.78 is 0. The van der Waals surface area contributed by atoms with Gasteiger partial charge in [0.25, 0.3) is 0 Å². The predicted molar refractivity (Wildman–Crippen MR) is 244 cm³/mol. The summed E-state index contributed by atoms with van der Waals surface area (Å²) >= 11 is 0. The largest absolute Gasteiger partial charge is 0.334 e. The van der Waals surface area contributed by atoms with Crippen molar-refractivity contribution < 1.29 is 0 Å². The molecule has 0 radical (unpaired) electrons. The Hall–Kier alpha value is -6.96. The van der Waals surface area contributed by atoms with Crippen molar-refractivity contribution in [1.29, 1.82) is 0 Å². The van der Waals surface area contributed by atoms with E-state index in [1.807, 2.05) is 0 Å². The van der Waals surface area contributed by atoms with Gasteiger partial charge in [-0.25, -0.2) is 0 Å². The van der Waals surface area contributed by atoms with E-state index in [1.165, 1.54) is 88.9 Å². The molecular formula is C56H43N. The molecule has 0 saturated carbocycles. The van der Waals surface area contributed by atoms with Gasteiger partial charge >= 0.3 is 0 Å². The first-order valence-electron chi connectivity index (χ1n) is 20.2. The van der Waals surface area contributed by atoms with Crippen LogP contribution >= 0.6 is 0 Å². The maximum absolute atomic E-state index is 2.49. The zero-order valence-electron chi connectivity index (χ0n) is 31.9. The lowest BCUT2D eigenvalue weighted by Gasteiger charge is -2.33. The van der Waals surface area contributed by atoms with Crippen LogP contribution < -0.4 is 4.90 Å². The minimum Gasteiger partial charge on any atom is -0.334 e. The van der Waals surface area contributed by atoms with Crippen LogP contribution in [0.15, 0.2) is 212 Å². The number of para-hydroxylation sites is 1. The van der Waals surface area contributed by atoms with Gasteiger partial charge in [-0.15, -0.1) is 0 Å².